The van der Waals surface area contributed by atoms with Crippen LogP contribution in [-0.4, -0.2) is 11.9 Å². The number of primary amides is 1. The Morgan fingerprint density at radius 1 is 1.17 bits per heavy atom. The van der Waals surface area contributed by atoms with Crippen molar-refractivity contribution in [2.24, 2.45) is 5.73 Å². The molecular weight excluding hydrogens is 370 g/mol. The molecule has 6 heteroatoms. The highest BCUT2D eigenvalue weighted by Gasteiger charge is 2.18. The minimum absolute atomic E-state index is 0.0900. The lowest BCUT2D eigenvalue weighted by molar-refractivity contribution is -0.116. The van der Waals surface area contributed by atoms with Gasteiger partial charge in [-0.25, -0.2) is 4.79 Å². The lowest BCUT2D eigenvalue weighted by Gasteiger charge is -2.18. The van der Waals surface area contributed by atoms with E-state index >= 15 is 0 Å². The molecule has 0 aliphatic carbocycles. The van der Waals surface area contributed by atoms with E-state index < -0.39 is 12.1 Å². The third-order valence-corrected chi connectivity index (χ3v) is 4.11. The van der Waals surface area contributed by atoms with Gasteiger partial charge in [-0.05, 0) is 43.2 Å². The molecule has 0 aliphatic heterocycles. The minimum Gasteiger partial charge on any atom is -0.352 e. The van der Waals surface area contributed by atoms with Crippen LogP contribution in [0.15, 0.2) is 46.9 Å². The number of carbonyl (C=O) groups excluding carboxylic acids is 2. The van der Waals surface area contributed by atoms with E-state index in [-0.39, 0.29) is 12.3 Å². The minimum atomic E-state index is -0.667. The summed E-state index contributed by atoms with van der Waals surface area (Å²) in [4.78, 5) is 23.7. The van der Waals surface area contributed by atoms with Crippen LogP contribution in [-0.2, 0) is 4.79 Å². The Bertz CT molecular complexity index is 762. The fraction of sp³-hybridized carbons (Fsp3) is 0.222. The highest BCUT2D eigenvalue weighted by molar-refractivity contribution is 9.10. The van der Waals surface area contributed by atoms with Gasteiger partial charge in [-0.15, -0.1) is 0 Å². The smallest absolute Gasteiger partial charge is 0.312 e. The number of hydrogen-bond acceptors (Lipinski definition) is 2. The summed E-state index contributed by atoms with van der Waals surface area (Å²) in [7, 11) is 0. The van der Waals surface area contributed by atoms with Gasteiger partial charge in [0.1, 0.15) is 0 Å². The van der Waals surface area contributed by atoms with Gasteiger partial charge in [0.15, 0.2) is 0 Å². The van der Waals surface area contributed by atoms with Gasteiger partial charge in [-0.2, -0.15) is 0 Å². The van der Waals surface area contributed by atoms with Crippen molar-refractivity contribution in [3.63, 3.8) is 0 Å². The fourth-order valence-corrected chi connectivity index (χ4v) is 2.90. The summed E-state index contributed by atoms with van der Waals surface area (Å²) in [6.07, 6.45) is 0.0900. The standard InChI is InChI=1S/C18H20BrN3O2/c1-11-6-7-15(12(2)8-11)21-17(23)10-16(22-18(20)24)13-4-3-5-14(19)9-13/h3-9,16H,10H2,1-2H3,(H,21,23)(H3,20,22,24). The Morgan fingerprint density at radius 2 is 1.92 bits per heavy atom. The normalized spacial score (nSPS) is 11.6. The summed E-state index contributed by atoms with van der Waals surface area (Å²) in [6.45, 7) is 3.94. The largest absolute Gasteiger partial charge is 0.352 e. The molecule has 0 aliphatic rings. The molecule has 0 bridgehead atoms. The molecule has 5 nitrogen and oxygen atoms in total. The molecule has 0 saturated carbocycles. The fourth-order valence-electron chi connectivity index (χ4n) is 2.49. The van der Waals surface area contributed by atoms with Crippen LogP contribution in [0, 0.1) is 13.8 Å². The second-order valence-corrected chi connectivity index (χ2v) is 6.60. The summed E-state index contributed by atoms with van der Waals surface area (Å²) in [5, 5.41) is 5.50. The van der Waals surface area contributed by atoms with Crippen LogP contribution in [0.3, 0.4) is 0 Å². The van der Waals surface area contributed by atoms with E-state index in [0.29, 0.717) is 0 Å². The first kappa shape index (κ1) is 18.0. The molecule has 24 heavy (non-hydrogen) atoms. The SMILES string of the molecule is Cc1ccc(NC(=O)CC(NC(N)=O)c2cccc(Br)c2)c(C)c1. The molecule has 0 radical (unpaired) electrons. The van der Waals surface area contributed by atoms with Gasteiger partial charge < -0.3 is 16.4 Å². The number of halogens is 1. The van der Waals surface area contributed by atoms with Crippen LogP contribution in [0.1, 0.15) is 29.2 Å². The van der Waals surface area contributed by atoms with Crippen molar-refractivity contribution in [2.45, 2.75) is 26.3 Å². The third-order valence-electron chi connectivity index (χ3n) is 3.61. The quantitative estimate of drug-likeness (QED) is 0.726. The third kappa shape index (κ3) is 5.09. The van der Waals surface area contributed by atoms with Crippen molar-refractivity contribution >= 4 is 33.6 Å². The van der Waals surface area contributed by atoms with E-state index in [1.165, 1.54) is 0 Å². The maximum absolute atomic E-state index is 12.4. The van der Waals surface area contributed by atoms with E-state index in [0.717, 1.165) is 26.9 Å². The zero-order valence-corrected chi connectivity index (χ0v) is 15.2. The van der Waals surface area contributed by atoms with Crippen molar-refractivity contribution in [3.05, 3.63) is 63.6 Å². The summed E-state index contributed by atoms with van der Waals surface area (Å²) >= 11 is 3.39. The Morgan fingerprint density at radius 3 is 2.54 bits per heavy atom. The molecular formula is C18H20BrN3O2. The highest BCUT2D eigenvalue weighted by atomic mass is 79.9. The van der Waals surface area contributed by atoms with Crippen LogP contribution in [0.5, 0.6) is 0 Å². The van der Waals surface area contributed by atoms with Crippen LogP contribution in [0.4, 0.5) is 10.5 Å². The number of urea groups is 1. The molecule has 0 fully saturated rings. The first-order valence-electron chi connectivity index (χ1n) is 7.53. The van der Waals surface area contributed by atoms with Crippen LogP contribution in [0.25, 0.3) is 0 Å². The number of carbonyl (C=O) groups is 2. The second-order valence-electron chi connectivity index (χ2n) is 5.69. The number of amides is 3. The summed E-state index contributed by atoms with van der Waals surface area (Å²) in [6, 6.07) is 12.1. The molecule has 2 aromatic rings. The van der Waals surface area contributed by atoms with Crippen molar-refractivity contribution in [3.8, 4) is 0 Å². The van der Waals surface area contributed by atoms with E-state index in [4.69, 9.17) is 5.73 Å². The highest BCUT2D eigenvalue weighted by Crippen LogP contribution is 2.22. The molecule has 4 N–H and O–H groups in total. The number of rotatable bonds is 5. The van der Waals surface area contributed by atoms with Crippen LogP contribution in [0.2, 0.25) is 0 Å². The van der Waals surface area contributed by atoms with E-state index in [9.17, 15) is 9.59 Å². The number of nitrogens with two attached hydrogens (primary N) is 1. The number of nitrogens with one attached hydrogen (secondary N) is 2. The zero-order valence-electron chi connectivity index (χ0n) is 13.6. The molecule has 1 atom stereocenters. The average molecular weight is 390 g/mol. The number of hydrogen-bond donors (Lipinski definition) is 3. The number of benzene rings is 2. The van der Waals surface area contributed by atoms with Crippen molar-refractivity contribution in [1.82, 2.24) is 5.32 Å². The number of anilines is 1. The lowest BCUT2D eigenvalue weighted by atomic mass is 10.0. The molecule has 126 valence electrons. The Hall–Kier alpha value is -2.34. The van der Waals surface area contributed by atoms with Crippen LogP contribution >= 0.6 is 15.9 Å². The second kappa shape index (κ2) is 7.97. The molecule has 2 rings (SSSR count). The van der Waals surface area contributed by atoms with E-state index in [1.807, 2.05) is 56.3 Å². The first-order valence-corrected chi connectivity index (χ1v) is 8.33. The summed E-state index contributed by atoms with van der Waals surface area (Å²) in [5.74, 6) is -0.194. The maximum Gasteiger partial charge on any atom is 0.312 e. The molecule has 0 heterocycles. The average Bonchev–Trinajstić information content (AvgIpc) is 2.49. The predicted octanol–water partition coefficient (Wildman–Crippen LogP) is 3.80. The molecule has 1 unspecified atom stereocenters. The monoisotopic (exact) mass is 389 g/mol. The van der Waals surface area contributed by atoms with Gasteiger partial charge in [0.25, 0.3) is 0 Å². The molecule has 0 aromatic heterocycles. The van der Waals surface area contributed by atoms with Crippen molar-refractivity contribution in [1.29, 1.82) is 0 Å². The Balaban J connectivity index is 2.13. The maximum atomic E-state index is 12.4. The van der Waals surface area contributed by atoms with Gasteiger partial charge in [0.2, 0.25) is 5.91 Å². The molecule has 0 saturated heterocycles. The van der Waals surface area contributed by atoms with Gasteiger partial charge in [0, 0.05) is 10.2 Å². The zero-order chi connectivity index (χ0) is 17.7. The van der Waals surface area contributed by atoms with Crippen LogP contribution < -0.4 is 16.4 Å². The van der Waals surface area contributed by atoms with Crippen molar-refractivity contribution in [2.75, 3.05) is 5.32 Å². The summed E-state index contributed by atoms with van der Waals surface area (Å²) < 4.78 is 0.867. The summed E-state index contributed by atoms with van der Waals surface area (Å²) in [5.41, 5.74) is 8.93. The molecule has 2 aromatic carbocycles. The Labute approximate surface area is 149 Å². The topological polar surface area (TPSA) is 84.2 Å². The van der Waals surface area contributed by atoms with Gasteiger partial charge >= 0.3 is 6.03 Å². The molecule has 0 spiro atoms. The van der Waals surface area contributed by atoms with Gasteiger partial charge in [0.05, 0.1) is 12.5 Å². The van der Waals surface area contributed by atoms with Crippen molar-refractivity contribution < 1.29 is 9.59 Å². The molecule has 3 amide bonds. The van der Waals surface area contributed by atoms with Gasteiger partial charge in [-0.3, -0.25) is 4.79 Å². The Kier molecular flexibility index (Phi) is 5.98. The van der Waals surface area contributed by atoms with Gasteiger partial charge in [-0.1, -0.05) is 45.8 Å². The predicted molar refractivity (Wildman–Crippen MR) is 98.8 cm³/mol. The van der Waals surface area contributed by atoms with E-state index in [1.54, 1.807) is 0 Å². The lowest BCUT2D eigenvalue weighted by Crippen LogP contribution is -2.35. The van der Waals surface area contributed by atoms with E-state index in [2.05, 4.69) is 26.6 Å². The number of aryl methyl sites for hydroxylation is 2. The first-order chi connectivity index (χ1) is 11.3.